The Morgan fingerprint density at radius 2 is 2.21 bits per heavy atom. The lowest BCUT2D eigenvalue weighted by molar-refractivity contribution is -0.139. The second-order valence-electron chi connectivity index (χ2n) is 3.49. The van der Waals surface area contributed by atoms with Crippen molar-refractivity contribution in [3.8, 4) is 0 Å². The van der Waals surface area contributed by atoms with Crippen molar-refractivity contribution >= 4 is 5.97 Å². The first kappa shape index (κ1) is 10.7. The lowest BCUT2D eigenvalue weighted by Gasteiger charge is -2.05. The first-order chi connectivity index (χ1) is 6.63. The molecule has 0 radical (unpaired) electrons. The van der Waals surface area contributed by atoms with Gasteiger partial charge in [0.05, 0.1) is 19.2 Å². The van der Waals surface area contributed by atoms with Crippen LogP contribution in [0.3, 0.4) is 0 Å². The summed E-state index contributed by atoms with van der Waals surface area (Å²) in [6.45, 7) is 4.22. The predicted octanol–water partition coefficient (Wildman–Crippen LogP) is 1.92. The zero-order valence-electron chi connectivity index (χ0n) is 8.78. The van der Waals surface area contributed by atoms with Crippen LogP contribution in [-0.4, -0.2) is 18.1 Å². The van der Waals surface area contributed by atoms with Crippen LogP contribution in [0.25, 0.3) is 0 Å². The minimum absolute atomic E-state index is 0.245. The fourth-order valence-corrected chi connectivity index (χ4v) is 1.10. The van der Waals surface area contributed by atoms with E-state index in [1.54, 1.807) is 0 Å². The van der Waals surface area contributed by atoms with Crippen LogP contribution in [0.5, 0.6) is 0 Å². The lowest BCUT2D eigenvalue weighted by atomic mass is 10.1. The summed E-state index contributed by atoms with van der Waals surface area (Å²) in [6, 6.07) is 3.86. The molecule has 3 nitrogen and oxygen atoms in total. The Kier molecular flexibility index (Phi) is 3.63. The lowest BCUT2D eigenvalue weighted by Crippen LogP contribution is -2.06. The van der Waals surface area contributed by atoms with Gasteiger partial charge in [0.15, 0.2) is 0 Å². The summed E-state index contributed by atoms with van der Waals surface area (Å²) in [5.41, 5.74) is 1.93. The normalized spacial score (nSPS) is 10.3. The molecule has 0 unspecified atom stereocenters. The van der Waals surface area contributed by atoms with E-state index in [-0.39, 0.29) is 12.4 Å². The molecule has 0 saturated carbocycles. The van der Waals surface area contributed by atoms with Gasteiger partial charge < -0.3 is 4.74 Å². The summed E-state index contributed by atoms with van der Waals surface area (Å²) in [7, 11) is 1.38. The van der Waals surface area contributed by atoms with E-state index in [4.69, 9.17) is 0 Å². The number of hydrogen-bond donors (Lipinski definition) is 0. The van der Waals surface area contributed by atoms with Crippen molar-refractivity contribution in [2.24, 2.45) is 0 Å². The van der Waals surface area contributed by atoms with E-state index in [1.807, 2.05) is 18.3 Å². The zero-order chi connectivity index (χ0) is 10.6. The molecule has 14 heavy (non-hydrogen) atoms. The van der Waals surface area contributed by atoms with Gasteiger partial charge in [0.1, 0.15) is 0 Å². The number of methoxy groups -OCH3 is 1. The maximum Gasteiger partial charge on any atom is 0.311 e. The molecular formula is C11H15NO2. The average Bonchev–Trinajstić information content (AvgIpc) is 2.18. The van der Waals surface area contributed by atoms with Crippen molar-refractivity contribution in [2.75, 3.05) is 7.11 Å². The summed E-state index contributed by atoms with van der Waals surface area (Å²) in [6.07, 6.45) is 2.05. The van der Waals surface area contributed by atoms with Gasteiger partial charge >= 0.3 is 5.97 Å². The Bertz CT molecular complexity index is 304. The van der Waals surface area contributed by atoms with Crippen molar-refractivity contribution < 1.29 is 9.53 Å². The van der Waals surface area contributed by atoms with E-state index in [0.29, 0.717) is 5.92 Å². The van der Waals surface area contributed by atoms with Crippen LogP contribution >= 0.6 is 0 Å². The Balaban J connectivity index is 2.69. The number of esters is 1. The molecule has 0 fully saturated rings. The van der Waals surface area contributed by atoms with Gasteiger partial charge in [0.25, 0.3) is 0 Å². The molecule has 0 aliphatic carbocycles. The number of pyridine rings is 1. The third-order valence-electron chi connectivity index (χ3n) is 2.07. The first-order valence-corrected chi connectivity index (χ1v) is 4.65. The molecule has 1 heterocycles. The van der Waals surface area contributed by atoms with E-state index in [2.05, 4.69) is 23.6 Å². The molecule has 3 heteroatoms. The molecule has 0 aliphatic heterocycles. The fraction of sp³-hybridized carbons (Fsp3) is 0.455. The number of hydrogen-bond acceptors (Lipinski definition) is 3. The van der Waals surface area contributed by atoms with Crippen molar-refractivity contribution in [1.29, 1.82) is 0 Å². The molecule has 1 rings (SSSR count). The van der Waals surface area contributed by atoms with Crippen molar-refractivity contribution in [3.63, 3.8) is 0 Å². The highest BCUT2D eigenvalue weighted by Crippen LogP contribution is 2.12. The monoisotopic (exact) mass is 193 g/mol. The predicted molar refractivity (Wildman–Crippen MR) is 54.0 cm³/mol. The summed E-state index contributed by atoms with van der Waals surface area (Å²) in [4.78, 5) is 15.1. The van der Waals surface area contributed by atoms with E-state index >= 15 is 0 Å². The second kappa shape index (κ2) is 4.74. The van der Waals surface area contributed by atoms with Crippen LogP contribution in [-0.2, 0) is 16.0 Å². The van der Waals surface area contributed by atoms with Crippen molar-refractivity contribution in [3.05, 3.63) is 29.6 Å². The summed E-state index contributed by atoms with van der Waals surface area (Å²) >= 11 is 0. The summed E-state index contributed by atoms with van der Waals surface area (Å²) in [5.74, 6) is 0.212. The third-order valence-corrected chi connectivity index (χ3v) is 2.07. The van der Waals surface area contributed by atoms with Crippen molar-refractivity contribution in [1.82, 2.24) is 4.98 Å². The molecule has 0 saturated heterocycles. The quantitative estimate of drug-likeness (QED) is 0.688. The maximum absolute atomic E-state index is 10.9. The van der Waals surface area contributed by atoms with Crippen LogP contribution in [0, 0.1) is 0 Å². The molecule has 0 aliphatic rings. The van der Waals surface area contributed by atoms with Gasteiger partial charge in [-0.05, 0) is 17.5 Å². The van der Waals surface area contributed by atoms with Gasteiger partial charge in [-0.2, -0.15) is 0 Å². The van der Waals surface area contributed by atoms with Gasteiger partial charge in [-0.3, -0.25) is 9.78 Å². The van der Waals surface area contributed by atoms with Crippen LogP contribution in [0.1, 0.15) is 31.0 Å². The Hall–Kier alpha value is -1.38. The average molecular weight is 193 g/mol. The standard InChI is InChI=1S/C11H15NO2/c1-8(2)9-4-5-10(12-7-9)6-11(13)14-3/h4-5,7-8H,6H2,1-3H3. The van der Waals surface area contributed by atoms with Crippen LogP contribution in [0.2, 0.25) is 0 Å². The summed E-state index contributed by atoms with van der Waals surface area (Å²) in [5, 5.41) is 0. The van der Waals surface area contributed by atoms with E-state index < -0.39 is 0 Å². The van der Waals surface area contributed by atoms with Gasteiger partial charge in [0, 0.05) is 6.20 Å². The molecule has 0 amide bonds. The van der Waals surface area contributed by atoms with Crippen molar-refractivity contribution in [2.45, 2.75) is 26.2 Å². The number of aromatic nitrogens is 1. The zero-order valence-corrected chi connectivity index (χ0v) is 8.78. The van der Waals surface area contributed by atoms with E-state index in [9.17, 15) is 4.79 Å². The molecule has 0 spiro atoms. The third kappa shape index (κ3) is 2.83. The Morgan fingerprint density at radius 3 is 2.64 bits per heavy atom. The molecule has 1 aromatic rings. The highest BCUT2D eigenvalue weighted by molar-refractivity contribution is 5.71. The van der Waals surface area contributed by atoms with Gasteiger partial charge in [-0.15, -0.1) is 0 Å². The second-order valence-corrected chi connectivity index (χ2v) is 3.49. The minimum Gasteiger partial charge on any atom is -0.469 e. The van der Waals surface area contributed by atoms with E-state index in [0.717, 1.165) is 5.69 Å². The SMILES string of the molecule is COC(=O)Cc1ccc(C(C)C)cn1. The number of carbonyl (C=O) groups is 1. The molecule has 0 N–H and O–H groups in total. The molecule has 1 aromatic heterocycles. The van der Waals surface area contributed by atoms with Gasteiger partial charge in [-0.1, -0.05) is 19.9 Å². The Labute approximate surface area is 84.1 Å². The number of nitrogens with zero attached hydrogens (tertiary/aromatic N) is 1. The molecule has 76 valence electrons. The van der Waals surface area contributed by atoms with Gasteiger partial charge in [0.2, 0.25) is 0 Å². The first-order valence-electron chi connectivity index (χ1n) is 4.65. The topological polar surface area (TPSA) is 39.2 Å². The van der Waals surface area contributed by atoms with Gasteiger partial charge in [-0.25, -0.2) is 0 Å². The van der Waals surface area contributed by atoms with Crippen LogP contribution in [0.15, 0.2) is 18.3 Å². The number of ether oxygens (including phenoxy) is 1. The van der Waals surface area contributed by atoms with E-state index in [1.165, 1.54) is 12.7 Å². The smallest absolute Gasteiger partial charge is 0.311 e. The minimum atomic E-state index is -0.255. The van der Waals surface area contributed by atoms with Crippen LogP contribution in [0.4, 0.5) is 0 Å². The Morgan fingerprint density at radius 1 is 1.50 bits per heavy atom. The largest absolute Gasteiger partial charge is 0.469 e. The molecule has 0 atom stereocenters. The molecular weight excluding hydrogens is 178 g/mol. The molecule has 0 bridgehead atoms. The number of rotatable bonds is 3. The molecule has 0 aromatic carbocycles. The highest BCUT2D eigenvalue weighted by atomic mass is 16.5. The number of carbonyl (C=O) groups excluding carboxylic acids is 1. The maximum atomic E-state index is 10.9. The fourth-order valence-electron chi connectivity index (χ4n) is 1.10. The van der Waals surface area contributed by atoms with Crippen LogP contribution < -0.4 is 0 Å². The highest BCUT2D eigenvalue weighted by Gasteiger charge is 2.04. The summed E-state index contributed by atoms with van der Waals surface area (Å²) < 4.78 is 4.55.